The molecule has 3 heteroatoms. The van der Waals surface area contributed by atoms with Crippen LogP contribution >= 0.6 is 11.6 Å². The molecule has 2 nitrogen and oxygen atoms in total. The lowest BCUT2D eigenvalue weighted by Crippen LogP contribution is -2.13. The average Bonchev–Trinajstić information content (AvgIpc) is 2.32. The molecule has 1 heterocycles. The molecular weight excluding hydrogens is 220 g/mol. The van der Waals surface area contributed by atoms with E-state index in [0.717, 1.165) is 16.8 Å². The van der Waals surface area contributed by atoms with Crippen molar-refractivity contribution in [2.45, 2.75) is 13.3 Å². The van der Waals surface area contributed by atoms with Gasteiger partial charge in [0.2, 0.25) is 0 Å². The second-order valence-electron chi connectivity index (χ2n) is 4.17. The van der Waals surface area contributed by atoms with Crippen molar-refractivity contribution in [1.82, 2.24) is 4.98 Å². The maximum atomic E-state index is 6.24. The Morgan fingerprint density at radius 2 is 2.19 bits per heavy atom. The Labute approximate surface area is 100 Å². The van der Waals surface area contributed by atoms with Gasteiger partial charge in [-0.25, -0.2) is 0 Å². The molecule has 2 rings (SSSR count). The fraction of sp³-hybridized carbons (Fsp3) is 0.308. The molecule has 2 aromatic rings. The van der Waals surface area contributed by atoms with E-state index in [1.54, 1.807) is 6.20 Å². The summed E-state index contributed by atoms with van der Waals surface area (Å²) in [5, 5.41) is 3.13. The lowest BCUT2D eigenvalue weighted by Gasteiger charge is -2.12. The van der Waals surface area contributed by atoms with E-state index < -0.39 is 0 Å². The van der Waals surface area contributed by atoms with Gasteiger partial charge in [0.1, 0.15) is 0 Å². The van der Waals surface area contributed by atoms with Crippen LogP contribution in [0.4, 0.5) is 0 Å². The minimum atomic E-state index is 0.441. The Balaban J connectivity index is 2.52. The molecule has 0 aliphatic rings. The average molecular weight is 235 g/mol. The number of benzene rings is 1. The molecule has 84 valence electrons. The fourth-order valence-corrected chi connectivity index (χ4v) is 2.09. The minimum Gasteiger partial charge on any atom is -0.330 e. The maximum Gasteiger partial charge on any atom is 0.0444 e. The highest BCUT2D eigenvalue weighted by atomic mass is 35.5. The SMILES string of the molecule is CC(CN)Cc1c(Cl)ccc2cnccc12. The quantitative estimate of drug-likeness (QED) is 0.887. The molecule has 16 heavy (non-hydrogen) atoms. The van der Waals surface area contributed by atoms with Crippen LogP contribution in [0.25, 0.3) is 10.8 Å². The first-order valence-corrected chi connectivity index (χ1v) is 5.81. The predicted octanol–water partition coefficient (Wildman–Crippen LogP) is 3.03. The topological polar surface area (TPSA) is 38.9 Å². The van der Waals surface area contributed by atoms with Gasteiger partial charge in [-0.05, 0) is 42.0 Å². The highest BCUT2D eigenvalue weighted by molar-refractivity contribution is 6.32. The number of nitrogens with zero attached hydrogens (tertiary/aromatic N) is 1. The van der Waals surface area contributed by atoms with Gasteiger partial charge in [0.05, 0.1) is 0 Å². The molecule has 0 saturated heterocycles. The lowest BCUT2D eigenvalue weighted by molar-refractivity contribution is 0.595. The number of nitrogens with two attached hydrogens (primary N) is 1. The van der Waals surface area contributed by atoms with Gasteiger partial charge in [0.25, 0.3) is 0 Å². The molecule has 0 spiro atoms. The van der Waals surface area contributed by atoms with E-state index in [0.29, 0.717) is 12.5 Å². The molecule has 1 aromatic carbocycles. The predicted molar refractivity (Wildman–Crippen MR) is 68.7 cm³/mol. The zero-order valence-corrected chi connectivity index (χ0v) is 10.0. The van der Waals surface area contributed by atoms with Crippen molar-refractivity contribution in [1.29, 1.82) is 0 Å². The Bertz CT molecular complexity index is 496. The summed E-state index contributed by atoms with van der Waals surface area (Å²) in [6.07, 6.45) is 4.58. The van der Waals surface area contributed by atoms with Crippen LogP contribution in [0.15, 0.2) is 30.6 Å². The smallest absolute Gasteiger partial charge is 0.0444 e. The third-order valence-corrected chi connectivity index (χ3v) is 3.18. The van der Waals surface area contributed by atoms with Crippen molar-refractivity contribution >= 4 is 22.4 Å². The summed E-state index contributed by atoms with van der Waals surface area (Å²) in [6.45, 7) is 2.81. The van der Waals surface area contributed by atoms with Gasteiger partial charge >= 0.3 is 0 Å². The van der Waals surface area contributed by atoms with Gasteiger partial charge in [0.15, 0.2) is 0 Å². The molecule has 0 radical (unpaired) electrons. The van der Waals surface area contributed by atoms with Crippen LogP contribution in [0, 0.1) is 5.92 Å². The van der Waals surface area contributed by atoms with Gasteiger partial charge < -0.3 is 5.73 Å². The summed E-state index contributed by atoms with van der Waals surface area (Å²) in [6, 6.07) is 5.95. The zero-order chi connectivity index (χ0) is 11.5. The van der Waals surface area contributed by atoms with Crippen molar-refractivity contribution in [2.24, 2.45) is 11.7 Å². The van der Waals surface area contributed by atoms with Gasteiger partial charge in [-0.2, -0.15) is 0 Å². The molecule has 0 aliphatic carbocycles. The molecular formula is C13H15ClN2. The fourth-order valence-electron chi connectivity index (χ4n) is 1.85. The van der Waals surface area contributed by atoms with Crippen LogP contribution in [-0.4, -0.2) is 11.5 Å². The first-order valence-electron chi connectivity index (χ1n) is 5.43. The normalized spacial score (nSPS) is 12.9. The van der Waals surface area contributed by atoms with Crippen molar-refractivity contribution in [3.05, 3.63) is 41.2 Å². The molecule has 0 aliphatic heterocycles. The summed E-state index contributed by atoms with van der Waals surface area (Å²) < 4.78 is 0. The van der Waals surface area contributed by atoms with Crippen LogP contribution in [0.3, 0.4) is 0 Å². The number of pyridine rings is 1. The summed E-state index contributed by atoms with van der Waals surface area (Å²) in [4.78, 5) is 4.12. The summed E-state index contributed by atoms with van der Waals surface area (Å²) in [5.74, 6) is 0.441. The van der Waals surface area contributed by atoms with Crippen LogP contribution in [0.2, 0.25) is 5.02 Å². The molecule has 0 amide bonds. The zero-order valence-electron chi connectivity index (χ0n) is 9.28. The summed E-state index contributed by atoms with van der Waals surface area (Å²) >= 11 is 6.24. The van der Waals surface area contributed by atoms with Crippen LogP contribution in [-0.2, 0) is 6.42 Å². The summed E-state index contributed by atoms with van der Waals surface area (Å²) in [5.41, 5.74) is 6.84. The van der Waals surface area contributed by atoms with Crippen LogP contribution in [0.5, 0.6) is 0 Å². The van der Waals surface area contributed by atoms with Crippen LogP contribution in [0.1, 0.15) is 12.5 Å². The molecule has 0 fully saturated rings. The third kappa shape index (κ3) is 2.18. The van der Waals surface area contributed by atoms with Gasteiger partial charge in [-0.15, -0.1) is 0 Å². The van der Waals surface area contributed by atoms with Crippen molar-refractivity contribution < 1.29 is 0 Å². The van der Waals surface area contributed by atoms with Gasteiger partial charge in [-0.3, -0.25) is 4.98 Å². The third-order valence-electron chi connectivity index (χ3n) is 2.83. The van der Waals surface area contributed by atoms with E-state index in [1.165, 1.54) is 10.9 Å². The number of rotatable bonds is 3. The van der Waals surface area contributed by atoms with Crippen molar-refractivity contribution in [2.75, 3.05) is 6.54 Å². The van der Waals surface area contributed by atoms with Gasteiger partial charge in [-0.1, -0.05) is 24.6 Å². The van der Waals surface area contributed by atoms with E-state index in [-0.39, 0.29) is 0 Å². The molecule has 2 N–H and O–H groups in total. The van der Waals surface area contributed by atoms with E-state index in [2.05, 4.69) is 11.9 Å². The Kier molecular flexibility index (Phi) is 3.42. The molecule has 0 saturated carbocycles. The minimum absolute atomic E-state index is 0.441. The van der Waals surface area contributed by atoms with E-state index in [1.807, 2.05) is 24.4 Å². The number of halogens is 1. The first-order chi connectivity index (χ1) is 7.72. The number of hydrogen-bond donors (Lipinski definition) is 1. The first kappa shape index (κ1) is 11.4. The molecule has 1 aromatic heterocycles. The molecule has 1 unspecified atom stereocenters. The Morgan fingerprint density at radius 3 is 2.94 bits per heavy atom. The van der Waals surface area contributed by atoms with E-state index in [4.69, 9.17) is 17.3 Å². The standard InChI is InChI=1S/C13H15ClN2/c1-9(7-15)6-12-11-4-5-16-8-10(11)2-3-13(12)14/h2-5,8-9H,6-7,15H2,1H3. The van der Waals surface area contributed by atoms with E-state index >= 15 is 0 Å². The van der Waals surface area contributed by atoms with Crippen molar-refractivity contribution in [3.63, 3.8) is 0 Å². The van der Waals surface area contributed by atoms with Crippen molar-refractivity contribution in [3.8, 4) is 0 Å². The van der Waals surface area contributed by atoms with Crippen LogP contribution < -0.4 is 5.73 Å². The molecule has 0 bridgehead atoms. The number of hydrogen-bond acceptors (Lipinski definition) is 2. The lowest BCUT2D eigenvalue weighted by atomic mass is 9.97. The number of aromatic nitrogens is 1. The Morgan fingerprint density at radius 1 is 1.38 bits per heavy atom. The maximum absolute atomic E-state index is 6.24. The van der Waals surface area contributed by atoms with E-state index in [9.17, 15) is 0 Å². The molecule has 1 atom stereocenters. The van der Waals surface area contributed by atoms with Gasteiger partial charge in [0, 0.05) is 22.8 Å². The highest BCUT2D eigenvalue weighted by Gasteiger charge is 2.09. The summed E-state index contributed by atoms with van der Waals surface area (Å²) in [7, 11) is 0. The number of fused-ring (bicyclic) bond motifs is 1. The second kappa shape index (κ2) is 4.81. The second-order valence-corrected chi connectivity index (χ2v) is 4.57. The largest absolute Gasteiger partial charge is 0.330 e. The Hall–Kier alpha value is -1.12. The highest BCUT2D eigenvalue weighted by Crippen LogP contribution is 2.27. The monoisotopic (exact) mass is 234 g/mol.